The quantitative estimate of drug-likeness (QED) is 0.898. The number of benzene rings is 1. The van der Waals surface area contributed by atoms with Crippen LogP contribution < -0.4 is 5.32 Å². The van der Waals surface area contributed by atoms with Crippen LogP contribution in [0.3, 0.4) is 0 Å². The molecule has 2 unspecified atom stereocenters. The van der Waals surface area contributed by atoms with Crippen molar-refractivity contribution in [2.45, 2.75) is 32.6 Å². The Morgan fingerprint density at radius 3 is 2.95 bits per heavy atom. The van der Waals surface area contributed by atoms with Crippen LogP contribution in [0, 0.1) is 23.5 Å². The summed E-state index contributed by atoms with van der Waals surface area (Å²) in [5.74, 6) is -1.02. The second-order valence-corrected chi connectivity index (χ2v) is 5.72. The summed E-state index contributed by atoms with van der Waals surface area (Å²) in [7, 11) is 0. The standard InChI is InChI=1S/C16H21F2NO/c1-11(13-5-3-7-19-10-13)8-14(20)9-12-4-2-6-15(17)16(12)18/h2,4,6,11,13,19H,3,5,7-10H2,1H3. The fourth-order valence-corrected chi connectivity index (χ4v) is 2.86. The van der Waals surface area contributed by atoms with Gasteiger partial charge in [0.1, 0.15) is 5.78 Å². The minimum Gasteiger partial charge on any atom is -0.316 e. The molecule has 1 aromatic rings. The Balaban J connectivity index is 1.90. The largest absolute Gasteiger partial charge is 0.316 e. The van der Waals surface area contributed by atoms with E-state index in [0.717, 1.165) is 32.0 Å². The SMILES string of the molecule is CC(CC(=O)Cc1cccc(F)c1F)C1CCCNC1. The number of Topliss-reactive ketones (excluding diaryl/α,β-unsaturated/α-hetero) is 1. The molecule has 0 saturated carbocycles. The van der Waals surface area contributed by atoms with Crippen LogP contribution in [-0.4, -0.2) is 18.9 Å². The molecule has 2 atom stereocenters. The zero-order valence-corrected chi connectivity index (χ0v) is 11.8. The molecule has 0 amide bonds. The van der Waals surface area contributed by atoms with Crippen LogP contribution in [0.1, 0.15) is 31.7 Å². The number of rotatable bonds is 5. The summed E-state index contributed by atoms with van der Waals surface area (Å²) in [6, 6.07) is 3.98. The summed E-state index contributed by atoms with van der Waals surface area (Å²) < 4.78 is 26.6. The lowest BCUT2D eigenvalue weighted by molar-refractivity contribution is -0.119. The lowest BCUT2D eigenvalue weighted by Gasteiger charge is -2.28. The fourth-order valence-electron chi connectivity index (χ4n) is 2.86. The van der Waals surface area contributed by atoms with Crippen LogP contribution in [0.4, 0.5) is 8.78 Å². The van der Waals surface area contributed by atoms with Gasteiger partial charge in [0.2, 0.25) is 0 Å². The summed E-state index contributed by atoms with van der Waals surface area (Å²) in [6.07, 6.45) is 2.69. The molecule has 20 heavy (non-hydrogen) atoms. The summed E-state index contributed by atoms with van der Waals surface area (Å²) in [6.45, 7) is 4.06. The number of ketones is 1. The van der Waals surface area contributed by atoms with E-state index in [1.54, 1.807) is 0 Å². The molecule has 0 aliphatic carbocycles. The molecule has 1 aliphatic rings. The van der Waals surface area contributed by atoms with Gasteiger partial charge >= 0.3 is 0 Å². The Labute approximate surface area is 118 Å². The molecule has 0 aromatic heterocycles. The predicted molar refractivity (Wildman–Crippen MR) is 74.4 cm³/mol. The van der Waals surface area contributed by atoms with E-state index in [0.29, 0.717) is 12.3 Å². The highest BCUT2D eigenvalue weighted by molar-refractivity contribution is 5.81. The monoisotopic (exact) mass is 281 g/mol. The molecular weight excluding hydrogens is 260 g/mol. The van der Waals surface area contributed by atoms with Crippen LogP contribution in [0.5, 0.6) is 0 Å². The molecule has 2 nitrogen and oxygen atoms in total. The Bertz CT molecular complexity index is 470. The molecule has 1 aromatic carbocycles. The number of halogens is 2. The lowest BCUT2D eigenvalue weighted by atomic mass is 9.83. The van der Waals surface area contributed by atoms with Crippen molar-refractivity contribution in [2.24, 2.45) is 11.8 Å². The van der Waals surface area contributed by atoms with Crippen molar-refractivity contribution < 1.29 is 13.6 Å². The smallest absolute Gasteiger partial charge is 0.162 e. The highest BCUT2D eigenvalue weighted by Gasteiger charge is 2.22. The van der Waals surface area contributed by atoms with Crippen LogP contribution in [0.15, 0.2) is 18.2 Å². The summed E-state index contributed by atoms with van der Waals surface area (Å²) in [5, 5.41) is 3.33. The van der Waals surface area contributed by atoms with E-state index in [1.165, 1.54) is 12.1 Å². The Kier molecular flexibility index (Phi) is 5.24. The second kappa shape index (κ2) is 6.93. The van der Waals surface area contributed by atoms with Crippen molar-refractivity contribution in [3.8, 4) is 0 Å². The van der Waals surface area contributed by atoms with Gasteiger partial charge in [-0.25, -0.2) is 8.78 Å². The van der Waals surface area contributed by atoms with Crippen molar-refractivity contribution >= 4 is 5.78 Å². The first-order valence-electron chi connectivity index (χ1n) is 7.23. The minimum absolute atomic E-state index is 0.0198. The van der Waals surface area contributed by atoms with Gasteiger partial charge in [0.15, 0.2) is 11.6 Å². The van der Waals surface area contributed by atoms with Crippen molar-refractivity contribution in [3.63, 3.8) is 0 Å². The van der Waals surface area contributed by atoms with E-state index in [1.807, 2.05) is 0 Å². The van der Waals surface area contributed by atoms with Gasteiger partial charge in [0, 0.05) is 12.8 Å². The molecule has 1 saturated heterocycles. The van der Waals surface area contributed by atoms with Gasteiger partial charge in [-0.15, -0.1) is 0 Å². The van der Waals surface area contributed by atoms with E-state index in [4.69, 9.17) is 0 Å². The van der Waals surface area contributed by atoms with E-state index < -0.39 is 11.6 Å². The van der Waals surface area contributed by atoms with Gasteiger partial charge in [-0.2, -0.15) is 0 Å². The predicted octanol–water partition coefficient (Wildman–Crippen LogP) is 3.10. The number of carbonyl (C=O) groups excluding carboxylic acids is 1. The van der Waals surface area contributed by atoms with Crippen molar-refractivity contribution in [2.75, 3.05) is 13.1 Å². The Hall–Kier alpha value is -1.29. The first-order valence-corrected chi connectivity index (χ1v) is 7.23. The van der Waals surface area contributed by atoms with Crippen molar-refractivity contribution in [3.05, 3.63) is 35.4 Å². The molecule has 2 rings (SSSR count). The third kappa shape index (κ3) is 3.85. The van der Waals surface area contributed by atoms with Gasteiger partial charge in [0.25, 0.3) is 0 Å². The third-order valence-corrected chi connectivity index (χ3v) is 4.11. The molecule has 110 valence electrons. The van der Waals surface area contributed by atoms with Crippen molar-refractivity contribution in [1.82, 2.24) is 5.32 Å². The topological polar surface area (TPSA) is 29.1 Å². The van der Waals surface area contributed by atoms with Crippen molar-refractivity contribution in [1.29, 1.82) is 0 Å². The van der Waals surface area contributed by atoms with Gasteiger partial charge < -0.3 is 5.32 Å². The molecule has 1 aliphatic heterocycles. The zero-order valence-electron chi connectivity index (χ0n) is 11.8. The highest BCUT2D eigenvalue weighted by Crippen LogP contribution is 2.23. The molecule has 1 fully saturated rings. The fraction of sp³-hybridized carbons (Fsp3) is 0.562. The molecule has 1 N–H and O–H groups in total. The lowest BCUT2D eigenvalue weighted by Crippen LogP contribution is -2.34. The third-order valence-electron chi connectivity index (χ3n) is 4.11. The van der Waals surface area contributed by atoms with Gasteiger partial charge in [-0.3, -0.25) is 4.79 Å². The second-order valence-electron chi connectivity index (χ2n) is 5.72. The van der Waals surface area contributed by atoms with Crippen LogP contribution in [0.25, 0.3) is 0 Å². The number of hydrogen-bond acceptors (Lipinski definition) is 2. The Morgan fingerprint density at radius 1 is 1.45 bits per heavy atom. The molecule has 0 bridgehead atoms. The maximum Gasteiger partial charge on any atom is 0.162 e. The summed E-state index contributed by atoms with van der Waals surface area (Å²) in [5.41, 5.74) is 0.156. The first-order chi connectivity index (χ1) is 9.58. The van der Waals surface area contributed by atoms with Crippen LogP contribution in [0.2, 0.25) is 0 Å². The highest BCUT2D eigenvalue weighted by atomic mass is 19.2. The molecule has 0 radical (unpaired) electrons. The first kappa shape index (κ1) is 15.1. The average molecular weight is 281 g/mol. The van der Waals surface area contributed by atoms with Crippen LogP contribution >= 0.6 is 0 Å². The van der Waals surface area contributed by atoms with Gasteiger partial charge in [-0.1, -0.05) is 19.1 Å². The van der Waals surface area contributed by atoms with E-state index in [2.05, 4.69) is 12.2 Å². The number of nitrogens with one attached hydrogen (secondary N) is 1. The molecule has 1 heterocycles. The number of hydrogen-bond donors (Lipinski definition) is 1. The molecule has 0 spiro atoms. The normalized spacial score (nSPS) is 20.6. The average Bonchev–Trinajstić information content (AvgIpc) is 2.45. The zero-order chi connectivity index (χ0) is 14.5. The summed E-state index contributed by atoms with van der Waals surface area (Å²) >= 11 is 0. The number of carbonyl (C=O) groups is 1. The minimum atomic E-state index is -0.896. The van der Waals surface area contributed by atoms with Gasteiger partial charge in [0.05, 0.1) is 0 Å². The molecule has 4 heteroatoms. The molecular formula is C16H21F2NO. The maximum absolute atomic E-state index is 13.5. The maximum atomic E-state index is 13.5. The van der Waals surface area contributed by atoms with Gasteiger partial charge in [-0.05, 0) is 49.4 Å². The summed E-state index contributed by atoms with van der Waals surface area (Å²) in [4.78, 5) is 12.0. The van der Waals surface area contributed by atoms with E-state index in [9.17, 15) is 13.6 Å². The van der Waals surface area contributed by atoms with E-state index in [-0.39, 0.29) is 23.7 Å². The van der Waals surface area contributed by atoms with E-state index >= 15 is 0 Å². The van der Waals surface area contributed by atoms with Crippen LogP contribution in [-0.2, 0) is 11.2 Å². The number of piperidine rings is 1. The Morgan fingerprint density at radius 2 is 2.25 bits per heavy atom.